The Morgan fingerprint density at radius 3 is 1.39 bits per heavy atom. The number of aliphatic hydroxyl groups excluding tert-OH is 4. The fourth-order valence-corrected chi connectivity index (χ4v) is 21.8. The van der Waals surface area contributed by atoms with Crippen molar-refractivity contribution >= 4 is 33.4 Å². The molecular weight excluding hydrogens is 993 g/mol. The molecule has 0 heterocycles. The van der Waals surface area contributed by atoms with E-state index in [9.17, 15) is 48.0 Å². The Kier molecular flexibility index (Phi) is 18.7. The molecule has 0 unspecified atom stereocenters. The van der Waals surface area contributed by atoms with Crippen LogP contribution in [0.3, 0.4) is 0 Å². The first-order valence-corrected chi connectivity index (χ1v) is 32.3. The average molecular weight is 1090 g/mol. The molecule has 0 radical (unpaired) electrons. The van der Waals surface area contributed by atoms with Crippen molar-refractivity contribution in [2.75, 3.05) is 18.8 Å². The van der Waals surface area contributed by atoms with E-state index in [1.165, 1.54) is 18.6 Å². The molecule has 434 valence electrons. The molecule has 2 amide bonds. The summed E-state index contributed by atoms with van der Waals surface area (Å²) in [6.45, 7) is 18.2. The Hall–Kier alpha value is -2.91. The Morgan fingerprint density at radius 1 is 0.571 bits per heavy atom. The number of sulfone groups is 1. The van der Waals surface area contributed by atoms with Crippen LogP contribution >= 0.6 is 0 Å². The minimum absolute atomic E-state index is 0.110. The monoisotopic (exact) mass is 1090 g/mol. The zero-order chi connectivity index (χ0) is 56.0. The van der Waals surface area contributed by atoms with Crippen LogP contribution in [-0.2, 0) is 29.0 Å². The lowest BCUT2D eigenvalue weighted by molar-refractivity contribution is -0.203. The average Bonchev–Trinajstić information content (AvgIpc) is 4.11. The van der Waals surface area contributed by atoms with Gasteiger partial charge in [-0.1, -0.05) is 86.4 Å². The quantitative estimate of drug-likeness (QED) is 0.0778. The van der Waals surface area contributed by atoms with Gasteiger partial charge in [0.25, 0.3) is 0 Å². The first-order valence-electron chi connectivity index (χ1n) is 30.6. The van der Waals surface area contributed by atoms with Gasteiger partial charge in [-0.3, -0.25) is 19.2 Å². The van der Waals surface area contributed by atoms with Gasteiger partial charge in [-0.25, -0.2) is 8.42 Å². The van der Waals surface area contributed by atoms with Crippen molar-refractivity contribution in [2.24, 2.45) is 105 Å². The Morgan fingerprint density at radius 2 is 0.974 bits per heavy atom. The molecule has 13 nitrogen and oxygen atoms in total. The van der Waals surface area contributed by atoms with Crippen LogP contribution < -0.4 is 10.6 Å². The van der Waals surface area contributed by atoms with Gasteiger partial charge >= 0.3 is 5.97 Å². The number of fused-ring (bicyclic) bond motifs is 10. The molecule has 8 aliphatic carbocycles. The lowest BCUT2D eigenvalue weighted by Gasteiger charge is -2.64. The number of hydrogen-bond donors (Lipinski definition) is 7. The van der Waals surface area contributed by atoms with Crippen LogP contribution in [0.5, 0.6) is 0 Å². The van der Waals surface area contributed by atoms with Crippen molar-refractivity contribution in [2.45, 2.75) is 213 Å². The molecule has 1 aromatic carbocycles. The molecule has 0 bridgehead atoms. The molecule has 1 aromatic rings. The van der Waals surface area contributed by atoms with Crippen LogP contribution in [0, 0.1) is 105 Å². The third-order valence-corrected chi connectivity index (χ3v) is 26.0. The molecule has 0 aromatic heterocycles. The van der Waals surface area contributed by atoms with Crippen molar-refractivity contribution in [3.8, 4) is 0 Å². The van der Waals surface area contributed by atoms with Gasteiger partial charge in [-0.15, -0.1) is 0 Å². The lowest BCUT2D eigenvalue weighted by Crippen LogP contribution is -2.62. The number of carbonyl (C=O) groups is 4. The van der Waals surface area contributed by atoms with Crippen LogP contribution in [-0.4, -0.2) is 101 Å². The van der Waals surface area contributed by atoms with Gasteiger partial charge in [0.1, 0.15) is 12.3 Å². The van der Waals surface area contributed by atoms with Crippen molar-refractivity contribution < 1.29 is 53.1 Å². The number of nitrogens with one attached hydrogen (secondary N) is 2. The maximum Gasteiger partial charge on any atom is 0.322 e. The smallest absolute Gasteiger partial charge is 0.322 e. The number of amides is 2. The summed E-state index contributed by atoms with van der Waals surface area (Å²) < 4.78 is 25.0. The van der Waals surface area contributed by atoms with Crippen LogP contribution in [0.4, 0.5) is 0 Å². The van der Waals surface area contributed by atoms with Gasteiger partial charge in [0, 0.05) is 12.8 Å². The fourth-order valence-electron chi connectivity index (χ4n) is 20.5. The lowest BCUT2D eigenvalue weighted by atomic mass is 9.41. The van der Waals surface area contributed by atoms with E-state index in [4.69, 9.17) is 5.11 Å². The van der Waals surface area contributed by atoms with Gasteiger partial charge in [-0.05, 0) is 219 Å². The van der Waals surface area contributed by atoms with E-state index >= 15 is 0 Å². The summed E-state index contributed by atoms with van der Waals surface area (Å²) in [7, 11) is -3.72. The highest BCUT2D eigenvalue weighted by molar-refractivity contribution is 7.92. The Balaban J connectivity index is 0.000000209. The summed E-state index contributed by atoms with van der Waals surface area (Å²) in [6, 6.07) is 7.91. The number of Topliss-reactive ketones (excluding diaryl/α,β-unsaturated/α-hetero) is 1. The zero-order valence-corrected chi connectivity index (χ0v) is 49.0. The summed E-state index contributed by atoms with van der Waals surface area (Å²) in [5.74, 6) is 3.23. The summed E-state index contributed by atoms with van der Waals surface area (Å²) in [6.07, 6.45) is 17.9. The molecule has 14 heteroatoms. The number of hydrogen-bond acceptors (Lipinski definition) is 10. The summed E-state index contributed by atoms with van der Waals surface area (Å²) in [4.78, 5) is 48.0. The van der Waals surface area contributed by atoms with Crippen LogP contribution in [0.1, 0.15) is 184 Å². The summed E-state index contributed by atoms with van der Waals surface area (Å²) >= 11 is 0. The van der Waals surface area contributed by atoms with Gasteiger partial charge in [-0.2, -0.15) is 0 Å². The third-order valence-electron chi connectivity index (χ3n) is 24.3. The zero-order valence-electron chi connectivity index (χ0n) is 48.1. The second-order valence-electron chi connectivity index (χ2n) is 27.8. The number of aliphatic carboxylic acids is 1. The van der Waals surface area contributed by atoms with Crippen LogP contribution in [0.25, 0.3) is 0 Å². The molecule has 7 N–H and O–H groups in total. The fraction of sp³-hybridized carbons (Fsp3) is 0.841. The van der Waals surface area contributed by atoms with E-state index < -0.39 is 27.3 Å². The third kappa shape index (κ3) is 11.6. The van der Waals surface area contributed by atoms with E-state index in [1.807, 2.05) is 0 Å². The summed E-state index contributed by atoms with van der Waals surface area (Å²) in [5, 5.41) is 58.6. The predicted molar refractivity (Wildman–Crippen MR) is 298 cm³/mol. The van der Waals surface area contributed by atoms with E-state index in [1.54, 1.807) is 18.2 Å². The second-order valence-corrected chi connectivity index (χ2v) is 29.8. The number of benzene rings is 1. The van der Waals surface area contributed by atoms with Gasteiger partial charge in [0.15, 0.2) is 15.6 Å². The van der Waals surface area contributed by atoms with Gasteiger partial charge in [0.2, 0.25) is 11.8 Å². The summed E-state index contributed by atoms with van der Waals surface area (Å²) in [5.41, 5.74) is 0.728. The van der Waals surface area contributed by atoms with E-state index in [-0.39, 0.29) is 87.7 Å². The van der Waals surface area contributed by atoms with E-state index in [0.717, 1.165) is 109 Å². The first-order chi connectivity index (χ1) is 36.3. The molecule has 0 aliphatic heterocycles. The minimum Gasteiger partial charge on any atom is -0.480 e. The van der Waals surface area contributed by atoms with Crippen LogP contribution in [0.15, 0.2) is 35.2 Å². The molecule has 8 saturated carbocycles. The Labute approximate surface area is 462 Å². The number of ketones is 1. The molecule has 0 saturated heterocycles. The molecule has 22 atom stereocenters. The van der Waals surface area contributed by atoms with Crippen molar-refractivity contribution in [1.29, 1.82) is 0 Å². The predicted octanol–water partition coefficient (Wildman–Crippen LogP) is 9.42. The number of carbonyl (C=O) groups excluding carboxylic acids is 3. The number of carboxylic acids is 1. The standard InChI is InChI=1S/C35H53NO6S.C28H47NO5/c1-5-26-30-19-23(37)15-17-35(30,4)29-16-18-34(3)27(12-13-28(34)32(29)33(26)40)22(2)11-14-31(39)36-20-24(38)21-43(41,42)25-9-7-6-8-10-25;1-5-18-22-14-17(30)10-12-28(22,4)21-11-13-27(3)19(7-8-20(27)25(21)26(18)34)16(2)6-9-23(31)29-15-24(32)33/h6-10,22-23,26-30,32-33,37,40H,5,11-21H2,1-4H3,(H,36,39);16-22,25-26,30,34H,5-15H2,1-4H3,(H,29,31)(H,32,33)/t22-,23-,26-,27-,28+,29+,30+,32+,33-,34-,35-;16-,17-,18-,19-,20+,21+,22+,25+,26-,27-,28-/m11/s1. The van der Waals surface area contributed by atoms with Crippen molar-refractivity contribution in [1.82, 2.24) is 10.6 Å². The number of aliphatic hydroxyl groups is 4. The first kappa shape index (κ1) is 60.2. The Bertz CT molecular complexity index is 2350. The van der Waals surface area contributed by atoms with Gasteiger partial charge < -0.3 is 36.2 Å². The molecule has 9 rings (SSSR count). The molecule has 0 spiro atoms. The highest BCUT2D eigenvalue weighted by Crippen LogP contribution is 2.71. The normalized spacial score (nSPS) is 42.8. The SMILES string of the molecule is CC[C@H]1[C@@H](O)[C@@H]2[C@H](CC[C@]3(C)[C@@H]([C@H](C)CCC(=O)NCC(=O)CS(=O)(=O)c4ccccc4)CC[C@@H]23)[C@@]2(C)CC[C@@H](O)C[C@@H]12.CC[C@H]1[C@@H](O)[C@@H]2[C@H](CC[C@]3(C)[C@@H]([C@H](C)CCC(=O)NCC(=O)O)CC[C@@H]23)[C@@]2(C)CC[C@@H](O)C[C@@H]12. The van der Waals surface area contributed by atoms with E-state index in [2.05, 4.69) is 66.0 Å². The number of carboxylic acid groups (broad SMARTS) is 1. The molecule has 8 fully saturated rings. The van der Waals surface area contributed by atoms with Crippen LogP contribution in [0.2, 0.25) is 0 Å². The largest absolute Gasteiger partial charge is 0.480 e. The van der Waals surface area contributed by atoms with Gasteiger partial charge in [0.05, 0.1) is 35.9 Å². The highest BCUT2D eigenvalue weighted by Gasteiger charge is 2.67. The minimum atomic E-state index is -3.72. The maximum absolute atomic E-state index is 12.7. The molecular formula is C63H100N2O11S. The second kappa shape index (κ2) is 23.9. The molecule has 77 heavy (non-hydrogen) atoms. The number of rotatable bonds is 17. The van der Waals surface area contributed by atoms with E-state index in [0.29, 0.717) is 83.9 Å². The maximum atomic E-state index is 12.7. The molecule has 8 aliphatic rings. The topological polar surface area (TPSA) is 228 Å². The van der Waals surface area contributed by atoms with Crippen molar-refractivity contribution in [3.05, 3.63) is 30.3 Å². The van der Waals surface area contributed by atoms with Crippen molar-refractivity contribution in [3.63, 3.8) is 0 Å². The highest BCUT2D eigenvalue weighted by atomic mass is 32.2.